The van der Waals surface area contributed by atoms with E-state index in [4.69, 9.17) is 18.9 Å². The zero-order valence-electron chi connectivity index (χ0n) is 21.6. The van der Waals surface area contributed by atoms with Crippen LogP contribution in [-0.4, -0.2) is 48.1 Å². The van der Waals surface area contributed by atoms with Gasteiger partial charge in [0.15, 0.2) is 35.2 Å². The molecule has 3 aromatic rings. The molecule has 1 aliphatic heterocycles. The molecular formula is C29H31NO8. The van der Waals surface area contributed by atoms with Crippen LogP contribution in [-0.2, 0) is 4.79 Å². The van der Waals surface area contributed by atoms with Crippen LogP contribution < -0.4 is 24.3 Å². The molecule has 200 valence electrons. The quantitative estimate of drug-likeness (QED) is 0.316. The van der Waals surface area contributed by atoms with Gasteiger partial charge in [0, 0.05) is 17.5 Å². The summed E-state index contributed by atoms with van der Waals surface area (Å²) in [5, 5.41) is 32.7. The molecule has 38 heavy (non-hydrogen) atoms. The first kappa shape index (κ1) is 26.5. The molecule has 1 aliphatic rings. The third-order valence-electron chi connectivity index (χ3n) is 6.06. The Balaban J connectivity index is 1.67. The summed E-state index contributed by atoms with van der Waals surface area (Å²) in [5.74, 6) is 0.901. The van der Waals surface area contributed by atoms with Crippen LogP contribution in [0.3, 0.4) is 0 Å². The lowest BCUT2D eigenvalue weighted by molar-refractivity contribution is -0.124. The zero-order valence-corrected chi connectivity index (χ0v) is 21.6. The van der Waals surface area contributed by atoms with Gasteiger partial charge in [-0.3, -0.25) is 4.79 Å². The van der Waals surface area contributed by atoms with E-state index < -0.39 is 12.2 Å². The largest absolute Gasteiger partial charge is 0.508 e. The third-order valence-corrected chi connectivity index (χ3v) is 6.06. The van der Waals surface area contributed by atoms with Crippen LogP contribution in [0, 0.1) is 5.92 Å². The van der Waals surface area contributed by atoms with Gasteiger partial charge in [-0.15, -0.1) is 0 Å². The number of aromatic hydroxyl groups is 3. The van der Waals surface area contributed by atoms with Gasteiger partial charge in [-0.2, -0.15) is 0 Å². The highest BCUT2D eigenvalue weighted by atomic mass is 16.6. The van der Waals surface area contributed by atoms with E-state index in [1.165, 1.54) is 32.4 Å². The number of amides is 1. The lowest BCUT2D eigenvalue weighted by Crippen LogP contribution is -2.43. The number of phenolic OH excluding ortho intramolecular Hbond substituents is 3. The van der Waals surface area contributed by atoms with E-state index in [1.54, 1.807) is 30.3 Å². The molecule has 0 bridgehead atoms. The van der Waals surface area contributed by atoms with Crippen LogP contribution in [0.15, 0.2) is 48.5 Å². The number of methoxy groups -OCH3 is 2. The summed E-state index contributed by atoms with van der Waals surface area (Å²) in [6, 6.07) is 13.0. The highest BCUT2D eigenvalue weighted by Crippen LogP contribution is 2.44. The minimum Gasteiger partial charge on any atom is -0.508 e. The number of hydrogen-bond donors (Lipinski definition) is 4. The van der Waals surface area contributed by atoms with Gasteiger partial charge in [0.2, 0.25) is 11.7 Å². The van der Waals surface area contributed by atoms with Crippen LogP contribution in [0.2, 0.25) is 0 Å². The van der Waals surface area contributed by atoms with Crippen molar-refractivity contribution in [2.75, 3.05) is 20.8 Å². The summed E-state index contributed by atoms with van der Waals surface area (Å²) in [6.45, 7) is 3.81. The molecule has 1 amide bonds. The molecule has 0 spiro atoms. The smallest absolute Gasteiger partial charge is 0.222 e. The van der Waals surface area contributed by atoms with Crippen LogP contribution >= 0.6 is 0 Å². The van der Waals surface area contributed by atoms with E-state index in [-0.39, 0.29) is 47.1 Å². The summed E-state index contributed by atoms with van der Waals surface area (Å²) in [6.07, 6.45) is 2.32. The van der Waals surface area contributed by atoms with E-state index in [2.05, 4.69) is 5.32 Å². The highest BCUT2D eigenvalue weighted by molar-refractivity contribution is 5.78. The molecule has 9 nitrogen and oxygen atoms in total. The molecule has 3 aromatic carbocycles. The predicted octanol–water partition coefficient (Wildman–Crippen LogP) is 4.64. The van der Waals surface area contributed by atoms with Crippen LogP contribution in [0.1, 0.15) is 36.6 Å². The first-order valence-electron chi connectivity index (χ1n) is 12.1. The van der Waals surface area contributed by atoms with E-state index >= 15 is 0 Å². The number of fused-ring (bicyclic) bond motifs is 1. The maximum Gasteiger partial charge on any atom is 0.222 e. The number of nitrogens with one attached hydrogen (secondary N) is 1. The molecule has 0 aliphatic carbocycles. The van der Waals surface area contributed by atoms with E-state index in [1.807, 2.05) is 26.0 Å². The maximum absolute atomic E-state index is 12.3. The molecule has 4 N–H and O–H groups in total. The fourth-order valence-electron chi connectivity index (χ4n) is 4.08. The molecule has 4 rings (SSSR count). The number of hydrogen-bond acceptors (Lipinski definition) is 8. The van der Waals surface area contributed by atoms with Gasteiger partial charge < -0.3 is 39.6 Å². The Kier molecular flexibility index (Phi) is 7.85. The molecule has 0 saturated heterocycles. The molecule has 0 radical (unpaired) electrons. The zero-order chi connectivity index (χ0) is 27.4. The normalized spacial score (nSPS) is 16.4. The Labute approximate surface area is 220 Å². The van der Waals surface area contributed by atoms with Crippen LogP contribution in [0.5, 0.6) is 40.2 Å². The summed E-state index contributed by atoms with van der Waals surface area (Å²) in [7, 11) is 2.88. The van der Waals surface area contributed by atoms with Crippen molar-refractivity contribution >= 4 is 18.1 Å². The summed E-state index contributed by atoms with van der Waals surface area (Å²) in [5.41, 5.74) is 2.04. The van der Waals surface area contributed by atoms with Gasteiger partial charge in [0.25, 0.3) is 0 Å². The van der Waals surface area contributed by atoms with Gasteiger partial charge in [0.1, 0.15) is 11.5 Å². The first-order chi connectivity index (χ1) is 18.2. The second-order valence-electron chi connectivity index (χ2n) is 9.19. The first-order valence-corrected chi connectivity index (χ1v) is 12.1. The van der Waals surface area contributed by atoms with Gasteiger partial charge in [-0.05, 0) is 47.5 Å². The Hall–Kier alpha value is -4.53. The lowest BCUT2D eigenvalue weighted by Gasteiger charge is -2.35. The Morgan fingerprint density at radius 3 is 2.13 bits per heavy atom. The highest BCUT2D eigenvalue weighted by Gasteiger charge is 2.35. The van der Waals surface area contributed by atoms with E-state index in [0.29, 0.717) is 22.6 Å². The average Bonchev–Trinajstić information content (AvgIpc) is 2.89. The molecule has 2 atom stereocenters. The SMILES string of the molecule is COc1cc([C@@H]2Oc3cc(/C=C/c4cc(O)cc(O)c4)ccc3O[C@H]2CNC(=O)C(C)C)cc(OC)c1O. The topological polar surface area (TPSA) is 127 Å². The minimum absolute atomic E-state index is 0.0370. The maximum atomic E-state index is 12.3. The third kappa shape index (κ3) is 5.88. The number of carbonyl (C=O) groups excluding carboxylic acids is 1. The summed E-state index contributed by atoms with van der Waals surface area (Å²) in [4.78, 5) is 12.3. The molecule has 9 heteroatoms. The number of benzene rings is 3. The Bertz CT molecular complexity index is 1310. The molecule has 0 aromatic heterocycles. The van der Waals surface area contributed by atoms with Crippen LogP contribution in [0.25, 0.3) is 12.2 Å². The van der Waals surface area contributed by atoms with Gasteiger partial charge >= 0.3 is 0 Å². The van der Waals surface area contributed by atoms with Crippen molar-refractivity contribution < 1.29 is 39.1 Å². The van der Waals surface area contributed by atoms with E-state index in [9.17, 15) is 20.1 Å². The van der Waals surface area contributed by atoms with Crippen molar-refractivity contribution in [1.29, 1.82) is 0 Å². The van der Waals surface area contributed by atoms with E-state index in [0.717, 1.165) is 5.56 Å². The number of phenols is 3. The fraction of sp³-hybridized carbons (Fsp3) is 0.276. The van der Waals surface area contributed by atoms with Crippen molar-refractivity contribution in [1.82, 2.24) is 5.32 Å². The number of rotatable bonds is 8. The van der Waals surface area contributed by atoms with Crippen molar-refractivity contribution in [3.63, 3.8) is 0 Å². The van der Waals surface area contributed by atoms with Gasteiger partial charge in [-0.25, -0.2) is 0 Å². The Morgan fingerprint density at radius 2 is 1.53 bits per heavy atom. The van der Waals surface area contributed by atoms with Crippen molar-refractivity contribution in [2.24, 2.45) is 5.92 Å². The summed E-state index contributed by atoms with van der Waals surface area (Å²) >= 11 is 0. The fourth-order valence-corrected chi connectivity index (χ4v) is 4.08. The molecule has 0 saturated carbocycles. The molecule has 1 heterocycles. The van der Waals surface area contributed by atoms with Gasteiger partial charge in [-0.1, -0.05) is 32.1 Å². The van der Waals surface area contributed by atoms with Gasteiger partial charge in [0.05, 0.1) is 20.8 Å². The molecule has 0 fully saturated rings. The van der Waals surface area contributed by atoms with Crippen molar-refractivity contribution in [3.05, 3.63) is 65.2 Å². The minimum atomic E-state index is -0.666. The number of ether oxygens (including phenoxy) is 4. The second-order valence-corrected chi connectivity index (χ2v) is 9.19. The Morgan fingerprint density at radius 1 is 0.895 bits per heavy atom. The number of carbonyl (C=O) groups is 1. The standard InChI is InChI=1S/C29H31NO8/c1-16(2)29(34)30-15-26-28(19-12-24(35-3)27(33)25(13-19)36-4)38-23-11-17(7-8-22(23)37-26)5-6-18-9-20(31)14-21(32)10-18/h5-14,16,26,28,31-33H,15H2,1-4H3,(H,30,34)/b6-5+/t26-,28-/m0/s1. The van der Waals surface area contributed by atoms with Crippen molar-refractivity contribution in [2.45, 2.75) is 26.1 Å². The predicted molar refractivity (Wildman–Crippen MR) is 142 cm³/mol. The van der Waals surface area contributed by atoms with Crippen molar-refractivity contribution in [3.8, 4) is 40.2 Å². The summed E-state index contributed by atoms with van der Waals surface area (Å²) < 4.78 is 23.3. The second kappa shape index (κ2) is 11.2. The van der Waals surface area contributed by atoms with Crippen LogP contribution in [0.4, 0.5) is 0 Å². The molecule has 0 unspecified atom stereocenters. The lowest BCUT2D eigenvalue weighted by atomic mass is 10.0. The average molecular weight is 522 g/mol. The molecular weight excluding hydrogens is 490 g/mol. The monoisotopic (exact) mass is 521 g/mol.